The Kier molecular flexibility index (Phi) is 5.17. The Morgan fingerprint density at radius 2 is 1.93 bits per heavy atom. The van der Waals surface area contributed by atoms with Crippen molar-refractivity contribution in [3.05, 3.63) is 48.0 Å². The zero-order valence-electron chi connectivity index (χ0n) is 16.5. The lowest BCUT2D eigenvalue weighted by Crippen LogP contribution is -2.34. The number of carbonyl (C=O) groups excluding carboxylic acids is 1. The highest BCUT2D eigenvalue weighted by Crippen LogP contribution is 2.31. The summed E-state index contributed by atoms with van der Waals surface area (Å²) in [4.78, 5) is 20.9. The van der Waals surface area contributed by atoms with Crippen molar-refractivity contribution in [2.45, 2.75) is 46.8 Å². The van der Waals surface area contributed by atoms with Gasteiger partial charge in [-0.05, 0) is 45.7 Å². The standard InChI is InChI=1S/C21H26N4O2/c1-14-8-6-7-9-16(14)18-13-25(19-17(18)12-23-15(2)24-19)11-10-22-20(26)27-21(3,4)5/h6-9,12-13H,10-11H2,1-5H3,(H,22,26). The Balaban J connectivity index is 1.87. The Morgan fingerprint density at radius 1 is 1.19 bits per heavy atom. The Bertz CT molecular complexity index is 970. The number of aromatic nitrogens is 3. The molecule has 2 aromatic heterocycles. The van der Waals surface area contributed by atoms with Crippen LogP contribution in [0.1, 0.15) is 32.2 Å². The highest BCUT2D eigenvalue weighted by Gasteiger charge is 2.17. The molecular formula is C21H26N4O2. The van der Waals surface area contributed by atoms with E-state index in [0.717, 1.165) is 28.0 Å². The van der Waals surface area contributed by atoms with E-state index >= 15 is 0 Å². The summed E-state index contributed by atoms with van der Waals surface area (Å²) in [7, 11) is 0. The molecule has 0 saturated heterocycles. The molecule has 142 valence electrons. The number of nitrogens with zero attached hydrogens (tertiary/aromatic N) is 3. The molecule has 0 fully saturated rings. The predicted octanol–water partition coefficient (Wildman–Crippen LogP) is 4.24. The van der Waals surface area contributed by atoms with E-state index in [1.54, 1.807) is 0 Å². The summed E-state index contributed by atoms with van der Waals surface area (Å²) >= 11 is 0. The maximum Gasteiger partial charge on any atom is 0.407 e. The van der Waals surface area contributed by atoms with Crippen LogP contribution in [0.2, 0.25) is 0 Å². The van der Waals surface area contributed by atoms with Gasteiger partial charge >= 0.3 is 6.09 Å². The van der Waals surface area contributed by atoms with E-state index in [9.17, 15) is 4.79 Å². The minimum Gasteiger partial charge on any atom is -0.444 e. The molecule has 3 aromatic rings. The van der Waals surface area contributed by atoms with Gasteiger partial charge in [-0.1, -0.05) is 24.3 Å². The van der Waals surface area contributed by atoms with Gasteiger partial charge in [0.05, 0.1) is 0 Å². The van der Waals surface area contributed by atoms with Gasteiger partial charge in [0.1, 0.15) is 17.1 Å². The average Bonchev–Trinajstić information content (AvgIpc) is 2.91. The van der Waals surface area contributed by atoms with E-state index in [1.807, 2.05) is 46.0 Å². The van der Waals surface area contributed by atoms with Crippen molar-refractivity contribution in [2.75, 3.05) is 6.54 Å². The van der Waals surface area contributed by atoms with Crippen molar-refractivity contribution in [1.82, 2.24) is 19.9 Å². The van der Waals surface area contributed by atoms with Crippen LogP contribution in [0, 0.1) is 13.8 Å². The van der Waals surface area contributed by atoms with Gasteiger partial charge in [-0.15, -0.1) is 0 Å². The van der Waals surface area contributed by atoms with Crippen LogP contribution in [0.25, 0.3) is 22.2 Å². The van der Waals surface area contributed by atoms with Crippen LogP contribution >= 0.6 is 0 Å². The number of aryl methyl sites for hydroxylation is 2. The van der Waals surface area contributed by atoms with Crippen LogP contribution in [0.15, 0.2) is 36.7 Å². The number of hydrogen-bond donors (Lipinski definition) is 1. The third-order valence-electron chi connectivity index (χ3n) is 4.19. The molecule has 0 atom stereocenters. The molecule has 2 heterocycles. The van der Waals surface area contributed by atoms with Crippen molar-refractivity contribution < 1.29 is 9.53 Å². The molecule has 0 aliphatic carbocycles. The maximum absolute atomic E-state index is 11.9. The zero-order chi connectivity index (χ0) is 19.6. The Morgan fingerprint density at radius 3 is 2.63 bits per heavy atom. The average molecular weight is 366 g/mol. The largest absolute Gasteiger partial charge is 0.444 e. The highest BCUT2D eigenvalue weighted by atomic mass is 16.6. The van der Waals surface area contributed by atoms with Crippen LogP contribution in [-0.4, -0.2) is 32.8 Å². The molecule has 1 N–H and O–H groups in total. The number of nitrogens with one attached hydrogen (secondary N) is 1. The predicted molar refractivity (Wildman–Crippen MR) is 107 cm³/mol. The van der Waals surface area contributed by atoms with Gasteiger partial charge in [-0.3, -0.25) is 0 Å². The van der Waals surface area contributed by atoms with Crippen molar-refractivity contribution in [1.29, 1.82) is 0 Å². The number of fused-ring (bicyclic) bond motifs is 1. The van der Waals surface area contributed by atoms with Crippen LogP contribution in [0.4, 0.5) is 4.79 Å². The number of amides is 1. The number of hydrogen-bond acceptors (Lipinski definition) is 4. The van der Waals surface area contributed by atoms with Gasteiger partial charge in [0, 0.05) is 36.4 Å². The van der Waals surface area contributed by atoms with Crippen molar-refractivity contribution in [3.8, 4) is 11.1 Å². The van der Waals surface area contributed by atoms with Gasteiger partial charge in [0.25, 0.3) is 0 Å². The van der Waals surface area contributed by atoms with Gasteiger partial charge < -0.3 is 14.6 Å². The minimum atomic E-state index is -0.507. The van der Waals surface area contributed by atoms with Crippen LogP contribution in [0.3, 0.4) is 0 Å². The van der Waals surface area contributed by atoms with Crippen molar-refractivity contribution >= 4 is 17.1 Å². The molecule has 3 rings (SSSR count). The minimum absolute atomic E-state index is 0.413. The number of benzene rings is 1. The summed E-state index contributed by atoms with van der Waals surface area (Å²) in [6.45, 7) is 10.6. The first kappa shape index (κ1) is 18.9. The molecule has 6 heteroatoms. The fourth-order valence-electron chi connectivity index (χ4n) is 3.01. The van der Waals surface area contributed by atoms with Gasteiger partial charge in [-0.2, -0.15) is 0 Å². The van der Waals surface area contributed by atoms with Crippen LogP contribution in [-0.2, 0) is 11.3 Å². The topological polar surface area (TPSA) is 69.0 Å². The molecular weight excluding hydrogens is 340 g/mol. The fourth-order valence-corrected chi connectivity index (χ4v) is 3.01. The lowest BCUT2D eigenvalue weighted by molar-refractivity contribution is 0.0526. The van der Waals surface area contributed by atoms with E-state index in [1.165, 1.54) is 5.56 Å². The second-order valence-corrected chi connectivity index (χ2v) is 7.63. The normalized spacial score (nSPS) is 11.6. The van der Waals surface area contributed by atoms with E-state index < -0.39 is 11.7 Å². The number of carbonyl (C=O) groups is 1. The summed E-state index contributed by atoms with van der Waals surface area (Å²) in [5, 5.41) is 3.81. The molecule has 0 aliphatic heterocycles. The lowest BCUT2D eigenvalue weighted by Gasteiger charge is -2.19. The third kappa shape index (κ3) is 4.45. The number of ether oxygens (including phenoxy) is 1. The van der Waals surface area contributed by atoms with E-state index in [2.05, 4.69) is 45.1 Å². The SMILES string of the molecule is Cc1ncc2c(-c3ccccc3C)cn(CCNC(=O)OC(C)(C)C)c2n1. The summed E-state index contributed by atoms with van der Waals surface area (Å²) < 4.78 is 7.35. The van der Waals surface area contributed by atoms with E-state index in [-0.39, 0.29) is 0 Å². The van der Waals surface area contributed by atoms with E-state index in [4.69, 9.17) is 4.74 Å². The summed E-state index contributed by atoms with van der Waals surface area (Å²) in [6, 6.07) is 8.26. The lowest BCUT2D eigenvalue weighted by atomic mass is 10.0. The molecule has 0 unspecified atom stereocenters. The first-order chi connectivity index (χ1) is 12.7. The van der Waals surface area contributed by atoms with Crippen LogP contribution < -0.4 is 5.32 Å². The third-order valence-corrected chi connectivity index (χ3v) is 4.19. The Hall–Kier alpha value is -2.89. The molecule has 1 aromatic carbocycles. The number of alkyl carbamates (subject to hydrolysis) is 1. The Labute approximate surface area is 159 Å². The quantitative estimate of drug-likeness (QED) is 0.750. The first-order valence-corrected chi connectivity index (χ1v) is 9.10. The summed E-state index contributed by atoms with van der Waals surface area (Å²) in [5.74, 6) is 0.721. The molecule has 27 heavy (non-hydrogen) atoms. The zero-order valence-corrected chi connectivity index (χ0v) is 16.5. The van der Waals surface area contributed by atoms with Crippen LogP contribution in [0.5, 0.6) is 0 Å². The highest BCUT2D eigenvalue weighted by molar-refractivity contribution is 5.94. The van der Waals surface area contributed by atoms with Gasteiger partial charge in [0.15, 0.2) is 0 Å². The monoisotopic (exact) mass is 366 g/mol. The molecule has 0 radical (unpaired) electrons. The molecule has 6 nitrogen and oxygen atoms in total. The van der Waals surface area contributed by atoms with Gasteiger partial charge in [-0.25, -0.2) is 14.8 Å². The van der Waals surface area contributed by atoms with Gasteiger partial charge in [0.2, 0.25) is 0 Å². The van der Waals surface area contributed by atoms with E-state index in [0.29, 0.717) is 13.1 Å². The fraction of sp³-hybridized carbons (Fsp3) is 0.381. The van der Waals surface area contributed by atoms with Crippen molar-refractivity contribution in [3.63, 3.8) is 0 Å². The molecule has 0 aliphatic rings. The summed E-state index contributed by atoms with van der Waals surface area (Å²) in [6.07, 6.45) is 3.54. The van der Waals surface area contributed by atoms with Crippen molar-refractivity contribution in [2.24, 2.45) is 0 Å². The molecule has 0 saturated carbocycles. The maximum atomic E-state index is 11.9. The second-order valence-electron chi connectivity index (χ2n) is 7.63. The first-order valence-electron chi connectivity index (χ1n) is 9.10. The molecule has 0 spiro atoms. The molecule has 0 bridgehead atoms. The summed E-state index contributed by atoms with van der Waals surface area (Å²) in [5.41, 5.74) is 3.82. The smallest absolute Gasteiger partial charge is 0.407 e. The second kappa shape index (κ2) is 7.39. The molecule has 1 amide bonds. The number of rotatable bonds is 4.